The molecule has 0 saturated heterocycles. The Balaban J connectivity index is 1.63. The van der Waals surface area contributed by atoms with E-state index in [4.69, 9.17) is 9.41 Å². The van der Waals surface area contributed by atoms with Gasteiger partial charge in [0.2, 0.25) is 0 Å². The Kier molecular flexibility index (Phi) is 6.89. The molecule has 0 fully saturated rings. The lowest BCUT2D eigenvalue weighted by Crippen LogP contribution is -2.28. The summed E-state index contributed by atoms with van der Waals surface area (Å²) in [6.45, 7) is 11.7. The monoisotopic (exact) mass is 462 g/mol. The molecule has 0 saturated carbocycles. The lowest BCUT2D eigenvalue weighted by molar-refractivity contribution is 0.0947. The number of furan rings is 1. The first kappa shape index (κ1) is 23.5. The highest BCUT2D eigenvalue weighted by atomic mass is 32.1. The largest absolute Gasteiger partial charge is 0.467 e. The maximum Gasteiger partial charge on any atom is 0.255 e. The third-order valence-corrected chi connectivity index (χ3v) is 7.80. The van der Waals surface area contributed by atoms with E-state index in [0.717, 1.165) is 41.2 Å². The molecular weight excluding hydrogens is 428 g/mol. The minimum atomic E-state index is -0.0691. The molecule has 174 valence electrons. The molecule has 0 aliphatic heterocycles. The van der Waals surface area contributed by atoms with Gasteiger partial charge in [-0.3, -0.25) is 4.79 Å². The van der Waals surface area contributed by atoms with Gasteiger partial charge in [0, 0.05) is 11.1 Å². The molecule has 0 spiro atoms. The van der Waals surface area contributed by atoms with Gasteiger partial charge in [-0.15, -0.1) is 11.3 Å². The Morgan fingerprint density at radius 3 is 2.64 bits per heavy atom. The Bertz CT molecular complexity index is 1120. The van der Waals surface area contributed by atoms with Gasteiger partial charge in [0.1, 0.15) is 10.8 Å². The van der Waals surface area contributed by atoms with Crippen LogP contribution in [0.4, 0.5) is 5.00 Å². The van der Waals surface area contributed by atoms with Crippen LogP contribution in [0.5, 0.6) is 0 Å². The Morgan fingerprint density at radius 1 is 1.24 bits per heavy atom. The first-order chi connectivity index (χ1) is 15.7. The van der Waals surface area contributed by atoms with Crippen LogP contribution in [-0.4, -0.2) is 12.1 Å². The van der Waals surface area contributed by atoms with Crippen LogP contribution >= 0.6 is 11.3 Å². The van der Waals surface area contributed by atoms with Crippen LogP contribution in [0.1, 0.15) is 84.6 Å². The maximum atomic E-state index is 13.3. The number of nitrogens with one attached hydrogen (secondary N) is 1. The van der Waals surface area contributed by atoms with Crippen molar-refractivity contribution in [3.05, 3.63) is 75.6 Å². The van der Waals surface area contributed by atoms with Gasteiger partial charge in [0.05, 0.1) is 18.4 Å². The van der Waals surface area contributed by atoms with Gasteiger partial charge in [-0.25, -0.2) is 4.99 Å². The van der Waals surface area contributed by atoms with Gasteiger partial charge in [0.15, 0.2) is 0 Å². The molecule has 2 aromatic heterocycles. The van der Waals surface area contributed by atoms with Crippen molar-refractivity contribution in [3.63, 3.8) is 0 Å². The number of rotatable bonds is 6. The van der Waals surface area contributed by atoms with Gasteiger partial charge in [-0.05, 0) is 65.3 Å². The highest BCUT2D eigenvalue weighted by Gasteiger charge is 2.33. The fourth-order valence-electron chi connectivity index (χ4n) is 4.40. The summed E-state index contributed by atoms with van der Waals surface area (Å²) in [5.74, 6) is 1.79. The fourth-order valence-corrected chi connectivity index (χ4v) is 5.67. The first-order valence-electron chi connectivity index (χ1n) is 11.8. The van der Waals surface area contributed by atoms with Gasteiger partial charge >= 0.3 is 0 Å². The van der Waals surface area contributed by atoms with Gasteiger partial charge in [0.25, 0.3) is 5.91 Å². The summed E-state index contributed by atoms with van der Waals surface area (Å²) < 4.78 is 5.39. The van der Waals surface area contributed by atoms with Crippen molar-refractivity contribution in [1.82, 2.24) is 5.32 Å². The third kappa shape index (κ3) is 5.47. The summed E-state index contributed by atoms with van der Waals surface area (Å²) in [7, 11) is 0. The van der Waals surface area contributed by atoms with E-state index in [0.29, 0.717) is 18.4 Å². The number of fused-ring (bicyclic) bond motifs is 1. The van der Waals surface area contributed by atoms with Crippen molar-refractivity contribution in [2.45, 2.75) is 66.3 Å². The van der Waals surface area contributed by atoms with Crippen molar-refractivity contribution in [3.8, 4) is 0 Å². The number of benzene rings is 1. The van der Waals surface area contributed by atoms with Crippen LogP contribution in [-0.2, 0) is 19.4 Å². The molecule has 1 amide bonds. The zero-order valence-corrected chi connectivity index (χ0v) is 21.1. The molecule has 4 rings (SSSR count). The van der Waals surface area contributed by atoms with E-state index in [1.165, 1.54) is 16.0 Å². The van der Waals surface area contributed by atoms with E-state index in [2.05, 4.69) is 64.2 Å². The third-order valence-electron chi connectivity index (χ3n) is 6.64. The maximum absolute atomic E-state index is 13.3. The average Bonchev–Trinajstić information content (AvgIpc) is 3.42. The first-order valence-corrected chi connectivity index (χ1v) is 12.6. The van der Waals surface area contributed by atoms with Crippen molar-refractivity contribution < 1.29 is 9.21 Å². The van der Waals surface area contributed by atoms with Crippen molar-refractivity contribution in [2.24, 2.45) is 16.3 Å². The molecule has 3 aromatic rings. The fraction of sp³-hybridized carbons (Fsp3) is 0.429. The summed E-state index contributed by atoms with van der Waals surface area (Å²) in [6.07, 6.45) is 6.55. The number of carbonyl (C=O) groups is 1. The molecule has 0 radical (unpaired) electrons. The number of thiophene rings is 1. The van der Waals surface area contributed by atoms with Crippen LogP contribution in [0, 0.1) is 11.3 Å². The second-order valence-electron chi connectivity index (χ2n) is 10.3. The Labute approximate surface area is 201 Å². The molecule has 2 heterocycles. The summed E-state index contributed by atoms with van der Waals surface area (Å²) in [4.78, 5) is 19.4. The van der Waals surface area contributed by atoms with Gasteiger partial charge in [-0.2, -0.15) is 0 Å². The van der Waals surface area contributed by atoms with Crippen molar-refractivity contribution >= 4 is 28.5 Å². The topological polar surface area (TPSA) is 54.6 Å². The number of hydrogen-bond donors (Lipinski definition) is 1. The SMILES string of the molecule is CC(C)c1ccc(C=Nc2sc3c(c2C(=O)NCc2ccco2)CC[C@@H](C(C)(C)C)C3)cc1. The van der Waals surface area contributed by atoms with Crippen LogP contribution in [0.15, 0.2) is 52.1 Å². The molecule has 33 heavy (non-hydrogen) atoms. The predicted octanol–water partition coefficient (Wildman–Crippen LogP) is 7.30. The number of amides is 1. The second-order valence-corrected chi connectivity index (χ2v) is 11.4. The smallest absolute Gasteiger partial charge is 0.255 e. The molecule has 0 bridgehead atoms. The molecule has 1 aliphatic rings. The van der Waals surface area contributed by atoms with Crippen LogP contribution in [0.3, 0.4) is 0 Å². The molecule has 1 atom stereocenters. The molecule has 1 aliphatic carbocycles. The number of carbonyl (C=O) groups excluding carboxylic acids is 1. The quantitative estimate of drug-likeness (QED) is 0.391. The lowest BCUT2D eigenvalue weighted by Gasteiger charge is -2.33. The minimum absolute atomic E-state index is 0.0691. The standard InChI is InChI=1S/C28H34N2O2S/c1-18(2)20-10-8-19(9-11-20)16-30-27-25(26(31)29-17-22-7-6-14-32-22)23-13-12-21(28(3,4)5)15-24(23)33-27/h6-11,14,16,18,21H,12-13,15,17H2,1-5H3,(H,29,31)/t21-/m1/s1. The van der Waals surface area contributed by atoms with E-state index in [1.54, 1.807) is 17.6 Å². The molecule has 1 aromatic carbocycles. The van der Waals surface area contributed by atoms with E-state index < -0.39 is 0 Å². The lowest BCUT2D eigenvalue weighted by atomic mass is 9.72. The highest BCUT2D eigenvalue weighted by molar-refractivity contribution is 7.16. The molecule has 0 unspecified atom stereocenters. The van der Waals surface area contributed by atoms with Crippen LogP contribution in [0.25, 0.3) is 0 Å². The zero-order chi connectivity index (χ0) is 23.6. The second kappa shape index (κ2) is 9.68. The Hall–Kier alpha value is -2.66. The van der Waals surface area contributed by atoms with Crippen molar-refractivity contribution in [2.75, 3.05) is 0 Å². The summed E-state index contributed by atoms with van der Waals surface area (Å²) >= 11 is 1.68. The Morgan fingerprint density at radius 2 is 2.00 bits per heavy atom. The minimum Gasteiger partial charge on any atom is -0.467 e. The van der Waals surface area contributed by atoms with E-state index in [-0.39, 0.29) is 11.3 Å². The number of nitrogens with zero attached hydrogens (tertiary/aromatic N) is 1. The number of aliphatic imine (C=N–C) groups is 1. The van der Waals surface area contributed by atoms with E-state index >= 15 is 0 Å². The summed E-state index contributed by atoms with van der Waals surface area (Å²) in [5, 5.41) is 3.84. The van der Waals surface area contributed by atoms with Gasteiger partial charge < -0.3 is 9.73 Å². The average molecular weight is 463 g/mol. The van der Waals surface area contributed by atoms with Gasteiger partial charge in [-0.1, -0.05) is 58.9 Å². The highest BCUT2D eigenvalue weighted by Crippen LogP contribution is 2.45. The van der Waals surface area contributed by atoms with Crippen molar-refractivity contribution in [1.29, 1.82) is 0 Å². The predicted molar refractivity (Wildman–Crippen MR) is 137 cm³/mol. The summed E-state index contributed by atoms with van der Waals surface area (Å²) in [5.41, 5.74) is 4.53. The molecule has 5 heteroatoms. The molecule has 1 N–H and O–H groups in total. The molecule has 4 nitrogen and oxygen atoms in total. The summed E-state index contributed by atoms with van der Waals surface area (Å²) in [6, 6.07) is 12.2. The number of hydrogen-bond acceptors (Lipinski definition) is 4. The van der Waals surface area contributed by atoms with E-state index in [1.807, 2.05) is 18.3 Å². The normalized spacial score (nSPS) is 16.4. The zero-order valence-electron chi connectivity index (χ0n) is 20.3. The van der Waals surface area contributed by atoms with Crippen LogP contribution in [0.2, 0.25) is 0 Å². The van der Waals surface area contributed by atoms with Crippen LogP contribution < -0.4 is 5.32 Å². The molecular formula is C28H34N2O2S. The van der Waals surface area contributed by atoms with E-state index in [9.17, 15) is 4.79 Å².